The first-order chi connectivity index (χ1) is 26.1. The van der Waals surface area contributed by atoms with Crippen LogP contribution in [0.3, 0.4) is 0 Å². The second-order valence-electron chi connectivity index (χ2n) is 15.1. The Hall–Kier alpha value is -6.50. The Labute approximate surface area is 309 Å². The lowest BCUT2D eigenvalue weighted by Crippen LogP contribution is -2.17. The van der Waals surface area contributed by atoms with Crippen molar-refractivity contribution in [3.8, 4) is 44.5 Å². The molecule has 11 rings (SSSR count). The first-order valence-electron chi connectivity index (χ1n) is 18.7. The normalized spacial score (nSPS) is 13.2. The molecule has 0 saturated heterocycles. The van der Waals surface area contributed by atoms with Crippen molar-refractivity contribution in [1.82, 2.24) is 0 Å². The fourth-order valence-corrected chi connectivity index (χ4v) is 9.94. The standard InChI is InChI=1S/C53H36/c1-53(2)51-46(31-16-32-47(51)50-40-24-9-6-21-37(40)38-22-7-14-29-45(38)52(50)53)49-43-27-12-10-25-41(43)48(42-26-11-13-28-44(42)49)39-23-8-5-20-36(39)35-30-15-18-33-17-3-4-19-34(33)35/h3-32H,1-2H3. The number of rotatable bonds is 3. The highest BCUT2D eigenvalue weighted by Gasteiger charge is 2.40. The molecule has 0 aliphatic heterocycles. The number of benzene rings is 10. The van der Waals surface area contributed by atoms with Crippen LogP contribution in [0, 0.1) is 0 Å². The minimum atomic E-state index is -0.229. The van der Waals surface area contributed by atoms with E-state index < -0.39 is 0 Å². The number of hydrogen-bond acceptors (Lipinski definition) is 0. The van der Waals surface area contributed by atoms with E-state index in [1.54, 1.807) is 0 Å². The van der Waals surface area contributed by atoms with Crippen molar-refractivity contribution in [2.75, 3.05) is 0 Å². The summed E-state index contributed by atoms with van der Waals surface area (Å²) in [7, 11) is 0. The van der Waals surface area contributed by atoms with E-state index in [2.05, 4.69) is 196 Å². The Morgan fingerprint density at radius 1 is 0.245 bits per heavy atom. The molecule has 1 aliphatic carbocycles. The van der Waals surface area contributed by atoms with Gasteiger partial charge in [0.05, 0.1) is 0 Å². The molecule has 0 fully saturated rings. The van der Waals surface area contributed by atoms with E-state index in [0.717, 1.165) is 0 Å². The molecule has 53 heavy (non-hydrogen) atoms. The summed E-state index contributed by atoms with van der Waals surface area (Å²) in [5.41, 5.74) is 13.0. The molecule has 1 aliphatic rings. The van der Waals surface area contributed by atoms with Crippen LogP contribution in [0.25, 0.3) is 98.4 Å². The van der Waals surface area contributed by atoms with E-state index in [0.29, 0.717) is 0 Å². The van der Waals surface area contributed by atoms with Crippen LogP contribution in [0.5, 0.6) is 0 Å². The first-order valence-corrected chi connectivity index (χ1v) is 18.7. The molecular weight excluding hydrogens is 637 g/mol. The van der Waals surface area contributed by atoms with Crippen LogP contribution in [0.4, 0.5) is 0 Å². The van der Waals surface area contributed by atoms with Crippen LogP contribution in [0.2, 0.25) is 0 Å². The van der Waals surface area contributed by atoms with Gasteiger partial charge in [-0.25, -0.2) is 0 Å². The number of hydrogen-bond donors (Lipinski definition) is 0. The van der Waals surface area contributed by atoms with Crippen molar-refractivity contribution in [3.63, 3.8) is 0 Å². The van der Waals surface area contributed by atoms with Crippen LogP contribution in [-0.2, 0) is 5.41 Å². The van der Waals surface area contributed by atoms with E-state index in [9.17, 15) is 0 Å². The molecule has 10 aromatic rings. The van der Waals surface area contributed by atoms with E-state index in [1.165, 1.54) is 109 Å². The zero-order chi connectivity index (χ0) is 35.3. The molecule has 0 aromatic heterocycles. The summed E-state index contributed by atoms with van der Waals surface area (Å²) in [6.07, 6.45) is 0. The lowest BCUT2D eigenvalue weighted by molar-refractivity contribution is 0.668. The van der Waals surface area contributed by atoms with Gasteiger partial charge < -0.3 is 0 Å². The summed E-state index contributed by atoms with van der Waals surface area (Å²) >= 11 is 0. The molecule has 248 valence electrons. The maximum absolute atomic E-state index is 2.45. The Bertz CT molecular complexity index is 3080. The minimum absolute atomic E-state index is 0.229. The van der Waals surface area contributed by atoms with E-state index in [-0.39, 0.29) is 5.41 Å². The summed E-state index contributed by atoms with van der Waals surface area (Å²) in [6.45, 7) is 4.89. The van der Waals surface area contributed by atoms with Crippen molar-refractivity contribution < 1.29 is 0 Å². The van der Waals surface area contributed by atoms with Gasteiger partial charge in [-0.3, -0.25) is 0 Å². The van der Waals surface area contributed by atoms with Crippen LogP contribution in [-0.4, -0.2) is 0 Å². The fourth-order valence-electron chi connectivity index (χ4n) is 9.94. The molecule has 0 heteroatoms. The maximum atomic E-state index is 2.45. The highest BCUT2D eigenvalue weighted by Crippen LogP contribution is 2.58. The SMILES string of the molecule is CC1(C)c2c(-c3c4ccccc4c(-c4ccccc4-c4cccc5ccccc45)c4ccccc34)cccc2-c2c1c1ccccc1c1ccccc21. The molecule has 0 spiro atoms. The second-order valence-corrected chi connectivity index (χ2v) is 15.1. The van der Waals surface area contributed by atoms with Crippen molar-refractivity contribution in [1.29, 1.82) is 0 Å². The molecule has 0 amide bonds. The zero-order valence-electron chi connectivity index (χ0n) is 29.8. The Balaban J connectivity index is 1.24. The van der Waals surface area contributed by atoms with Gasteiger partial charge in [-0.05, 0) is 109 Å². The highest BCUT2D eigenvalue weighted by molar-refractivity contribution is 6.24. The molecule has 0 unspecified atom stereocenters. The largest absolute Gasteiger partial charge is 0.0616 e. The van der Waals surface area contributed by atoms with E-state index in [1.807, 2.05) is 0 Å². The average Bonchev–Trinajstić information content (AvgIpc) is 3.47. The van der Waals surface area contributed by atoms with Gasteiger partial charge >= 0.3 is 0 Å². The van der Waals surface area contributed by atoms with Gasteiger partial charge in [-0.1, -0.05) is 196 Å². The summed E-state index contributed by atoms with van der Waals surface area (Å²) in [4.78, 5) is 0. The first kappa shape index (κ1) is 30.2. The maximum Gasteiger partial charge on any atom is 0.0171 e. The summed E-state index contributed by atoms with van der Waals surface area (Å²) in [5.74, 6) is 0. The van der Waals surface area contributed by atoms with E-state index >= 15 is 0 Å². The van der Waals surface area contributed by atoms with Crippen LogP contribution < -0.4 is 0 Å². The predicted octanol–water partition coefficient (Wildman–Crippen LogP) is 14.8. The smallest absolute Gasteiger partial charge is 0.0171 e. The van der Waals surface area contributed by atoms with Gasteiger partial charge in [0.25, 0.3) is 0 Å². The summed E-state index contributed by atoms with van der Waals surface area (Å²) < 4.78 is 0. The highest BCUT2D eigenvalue weighted by atomic mass is 14.4. The van der Waals surface area contributed by atoms with Gasteiger partial charge in [-0.15, -0.1) is 0 Å². The molecule has 0 heterocycles. The van der Waals surface area contributed by atoms with Crippen molar-refractivity contribution in [2.45, 2.75) is 19.3 Å². The van der Waals surface area contributed by atoms with Crippen LogP contribution in [0.1, 0.15) is 25.0 Å². The lowest BCUT2D eigenvalue weighted by atomic mass is 9.75. The second kappa shape index (κ2) is 11.2. The molecule has 0 N–H and O–H groups in total. The topological polar surface area (TPSA) is 0 Å². The van der Waals surface area contributed by atoms with E-state index in [4.69, 9.17) is 0 Å². The van der Waals surface area contributed by atoms with Gasteiger partial charge in [0.2, 0.25) is 0 Å². The molecule has 0 atom stereocenters. The zero-order valence-corrected chi connectivity index (χ0v) is 29.8. The Kier molecular flexibility index (Phi) is 6.40. The van der Waals surface area contributed by atoms with Crippen LogP contribution >= 0.6 is 0 Å². The predicted molar refractivity (Wildman–Crippen MR) is 228 cm³/mol. The minimum Gasteiger partial charge on any atom is -0.0616 e. The summed E-state index contributed by atoms with van der Waals surface area (Å²) in [6, 6.07) is 67.7. The van der Waals surface area contributed by atoms with Gasteiger partial charge in [-0.2, -0.15) is 0 Å². The third kappa shape index (κ3) is 4.18. The molecular formula is C53H36. The monoisotopic (exact) mass is 672 g/mol. The third-order valence-electron chi connectivity index (χ3n) is 12.0. The van der Waals surface area contributed by atoms with Gasteiger partial charge in [0.15, 0.2) is 0 Å². The Morgan fingerprint density at radius 3 is 1.23 bits per heavy atom. The quantitative estimate of drug-likeness (QED) is 0.129. The molecule has 0 saturated carbocycles. The van der Waals surface area contributed by atoms with Gasteiger partial charge in [0, 0.05) is 5.41 Å². The lowest BCUT2D eigenvalue weighted by Gasteiger charge is -2.27. The summed E-state index contributed by atoms with van der Waals surface area (Å²) in [5, 5.41) is 13.0. The molecule has 0 radical (unpaired) electrons. The number of fused-ring (bicyclic) bond motifs is 11. The molecule has 0 bridgehead atoms. The van der Waals surface area contributed by atoms with Crippen LogP contribution in [0.15, 0.2) is 182 Å². The van der Waals surface area contributed by atoms with Crippen molar-refractivity contribution >= 4 is 53.9 Å². The van der Waals surface area contributed by atoms with Gasteiger partial charge in [0.1, 0.15) is 0 Å². The fraction of sp³-hybridized carbons (Fsp3) is 0.0566. The van der Waals surface area contributed by atoms with Crippen molar-refractivity contribution in [2.24, 2.45) is 0 Å². The molecule has 0 nitrogen and oxygen atoms in total. The third-order valence-corrected chi connectivity index (χ3v) is 12.0. The Morgan fingerprint density at radius 2 is 0.604 bits per heavy atom. The van der Waals surface area contributed by atoms with Crippen molar-refractivity contribution in [3.05, 3.63) is 193 Å². The molecule has 10 aromatic carbocycles. The average molecular weight is 673 g/mol.